The molecule has 182 valence electrons. The summed E-state index contributed by atoms with van der Waals surface area (Å²) in [5.74, 6) is 0.317. The molecule has 0 saturated carbocycles. The van der Waals surface area contributed by atoms with Gasteiger partial charge in [-0.1, -0.05) is 11.6 Å². The van der Waals surface area contributed by atoms with Gasteiger partial charge in [0.2, 0.25) is 0 Å². The number of carbonyl (C=O) groups is 1. The number of aryl methyl sites for hydroxylation is 1. The molecule has 1 fully saturated rings. The van der Waals surface area contributed by atoms with E-state index in [0.717, 1.165) is 5.56 Å². The Morgan fingerprint density at radius 2 is 1.83 bits per heavy atom. The molecule has 5 rings (SSSR count). The van der Waals surface area contributed by atoms with Crippen LogP contribution in [0.1, 0.15) is 20.8 Å². The van der Waals surface area contributed by atoms with Crippen LogP contribution in [0.5, 0.6) is 0 Å². The van der Waals surface area contributed by atoms with E-state index in [4.69, 9.17) is 21.3 Å². The molecule has 0 spiro atoms. The maximum absolute atomic E-state index is 14.6. The molecule has 0 radical (unpaired) electrons. The predicted octanol–water partition coefficient (Wildman–Crippen LogP) is 5.03. The molecule has 0 unspecified atom stereocenters. The van der Waals surface area contributed by atoms with Gasteiger partial charge in [-0.25, -0.2) is 19.2 Å². The van der Waals surface area contributed by atoms with Crippen LogP contribution in [0.4, 0.5) is 15.0 Å². The summed E-state index contributed by atoms with van der Waals surface area (Å²) in [6, 6.07) is 7.02. The highest BCUT2D eigenvalue weighted by Crippen LogP contribution is 2.32. The van der Waals surface area contributed by atoms with E-state index in [1.807, 2.05) is 39.0 Å². The van der Waals surface area contributed by atoms with E-state index in [2.05, 4.69) is 15.0 Å². The van der Waals surface area contributed by atoms with Crippen LogP contribution >= 0.6 is 11.6 Å². The molecule has 35 heavy (non-hydrogen) atoms. The molecular formula is C25H26ClFN6O2. The minimum atomic E-state index is -0.526. The molecule has 0 N–H and O–H groups in total. The van der Waals surface area contributed by atoms with Crippen molar-refractivity contribution in [1.29, 1.82) is 0 Å². The lowest BCUT2D eigenvalue weighted by atomic mass is 10.0. The van der Waals surface area contributed by atoms with Crippen molar-refractivity contribution < 1.29 is 13.9 Å². The monoisotopic (exact) mass is 496 g/mol. The van der Waals surface area contributed by atoms with Crippen molar-refractivity contribution >= 4 is 45.4 Å². The zero-order valence-electron chi connectivity index (χ0n) is 20.0. The van der Waals surface area contributed by atoms with Gasteiger partial charge in [-0.05, 0) is 44.5 Å². The summed E-state index contributed by atoms with van der Waals surface area (Å²) in [7, 11) is 1.76. The summed E-state index contributed by atoms with van der Waals surface area (Å²) in [4.78, 5) is 25.3. The Morgan fingerprint density at radius 1 is 1.09 bits per heavy atom. The van der Waals surface area contributed by atoms with Crippen molar-refractivity contribution in [3.63, 3.8) is 0 Å². The Balaban J connectivity index is 1.38. The van der Waals surface area contributed by atoms with E-state index in [1.54, 1.807) is 29.0 Å². The molecule has 0 atom stereocenters. The molecule has 1 amide bonds. The first-order valence-corrected chi connectivity index (χ1v) is 11.8. The molecule has 8 nitrogen and oxygen atoms in total. The molecule has 1 aliphatic heterocycles. The zero-order valence-corrected chi connectivity index (χ0v) is 20.8. The highest BCUT2D eigenvalue weighted by Gasteiger charge is 2.26. The second kappa shape index (κ2) is 8.64. The molecule has 4 heterocycles. The summed E-state index contributed by atoms with van der Waals surface area (Å²) in [5, 5.41) is 6.07. The van der Waals surface area contributed by atoms with Gasteiger partial charge in [0.25, 0.3) is 0 Å². The number of benzene rings is 1. The first-order chi connectivity index (χ1) is 16.6. The van der Waals surface area contributed by atoms with Gasteiger partial charge < -0.3 is 14.5 Å². The number of rotatable bonds is 2. The van der Waals surface area contributed by atoms with Crippen LogP contribution in [0, 0.1) is 5.82 Å². The van der Waals surface area contributed by atoms with Crippen LogP contribution in [0.15, 0.2) is 36.7 Å². The number of aromatic nitrogens is 4. The number of hydrogen-bond donors (Lipinski definition) is 0. The van der Waals surface area contributed by atoms with Gasteiger partial charge in [0.05, 0.1) is 5.02 Å². The van der Waals surface area contributed by atoms with Crippen molar-refractivity contribution in [3.05, 3.63) is 47.5 Å². The molecule has 0 aliphatic carbocycles. The number of fused-ring (bicyclic) bond motifs is 2. The van der Waals surface area contributed by atoms with E-state index in [-0.39, 0.29) is 11.9 Å². The fourth-order valence-corrected chi connectivity index (χ4v) is 4.43. The summed E-state index contributed by atoms with van der Waals surface area (Å²) in [6.07, 6.45) is 3.14. The highest BCUT2D eigenvalue weighted by atomic mass is 35.5. The maximum atomic E-state index is 14.6. The average molecular weight is 497 g/mol. The Labute approximate surface area is 207 Å². The highest BCUT2D eigenvalue weighted by molar-refractivity contribution is 6.35. The quantitative estimate of drug-likeness (QED) is 0.387. The topological polar surface area (TPSA) is 76.4 Å². The van der Waals surface area contributed by atoms with E-state index >= 15 is 0 Å². The minimum absolute atomic E-state index is 0.309. The van der Waals surface area contributed by atoms with Crippen LogP contribution in [0.3, 0.4) is 0 Å². The second-order valence-electron chi connectivity index (χ2n) is 9.71. The van der Waals surface area contributed by atoms with Gasteiger partial charge in [-0.15, -0.1) is 0 Å². The van der Waals surface area contributed by atoms with E-state index in [0.29, 0.717) is 64.5 Å². The molecule has 0 bridgehead atoms. The van der Waals surface area contributed by atoms with E-state index in [1.165, 1.54) is 6.07 Å². The molecule has 1 saturated heterocycles. The SMILES string of the molecule is Cn1cc2cc(-c3cnc4nc(N5CCN(C(=O)OC(C)(C)C)CC5)cc(Cl)c4c3)cc(F)c2n1. The molecule has 10 heteroatoms. The average Bonchev–Trinajstić information content (AvgIpc) is 3.18. The third kappa shape index (κ3) is 4.73. The van der Waals surface area contributed by atoms with Crippen molar-refractivity contribution in [2.45, 2.75) is 26.4 Å². The second-order valence-corrected chi connectivity index (χ2v) is 10.1. The van der Waals surface area contributed by atoms with Crippen molar-refractivity contribution in [2.24, 2.45) is 7.05 Å². The predicted molar refractivity (Wildman–Crippen MR) is 134 cm³/mol. The first kappa shape index (κ1) is 23.3. The number of halogens is 2. The van der Waals surface area contributed by atoms with Gasteiger partial charge in [0.15, 0.2) is 11.5 Å². The van der Waals surface area contributed by atoms with Crippen molar-refractivity contribution in [2.75, 3.05) is 31.1 Å². The standard InChI is InChI=1S/C25H26ClFN6O2/c1-25(2,3)35-24(34)33-7-5-32(6-8-33)21-12-19(26)18-10-16(13-28-23(18)29-21)15-9-17-14-31(4)30-22(17)20(27)11-15/h9-14H,5-8H2,1-4H3. The van der Waals surface area contributed by atoms with Gasteiger partial charge >= 0.3 is 6.09 Å². The Bertz CT molecular complexity index is 1440. The lowest BCUT2D eigenvalue weighted by Crippen LogP contribution is -2.50. The largest absolute Gasteiger partial charge is 0.444 e. The van der Waals surface area contributed by atoms with Crippen LogP contribution in [0.2, 0.25) is 5.02 Å². The number of hydrogen-bond acceptors (Lipinski definition) is 6. The minimum Gasteiger partial charge on any atom is -0.444 e. The third-order valence-electron chi connectivity index (χ3n) is 5.87. The summed E-state index contributed by atoms with van der Waals surface area (Å²) in [5.41, 5.74) is 1.75. The Hall–Kier alpha value is -3.46. The molecular weight excluding hydrogens is 471 g/mol. The van der Waals surface area contributed by atoms with Gasteiger partial charge in [-0.3, -0.25) is 4.68 Å². The number of anilines is 1. The summed E-state index contributed by atoms with van der Waals surface area (Å²) in [6.45, 7) is 7.84. The molecule has 4 aromatic rings. The number of nitrogens with zero attached hydrogens (tertiary/aromatic N) is 6. The first-order valence-electron chi connectivity index (χ1n) is 11.4. The number of amides is 1. The molecule has 1 aromatic carbocycles. The van der Waals surface area contributed by atoms with E-state index < -0.39 is 5.60 Å². The molecule has 1 aliphatic rings. The van der Waals surface area contributed by atoms with E-state index in [9.17, 15) is 9.18 Å². The lowest BCUT2D eigenvalue weighted by molar-refractivity contribution is 0.0240. The summed E-state index contributed by atoms with van der Waals surface area (Å²) >= 11 is 6.64. The van der Waals surface area contributed by atoms with Crippen molar-refractivity contribution in [1.82, 2.24) is 24.6 Å². The maximum Gasteiger partial charge on any atom is 0.410 e. The normalized spacial score (nSPS) is 14.7. The van der Waals surface area contributed by atoms with Crippen LogP contribution in [-0.4, -0.2) is 62.5 Å². The van der Waals surface area contributed by atoms with Gasteiger partial charge in [0, 0.05) is 68.0 Å². The van der Waals surface area contributed by atoms with Crippen LogP contribution < -0.4 is 4.90 Å². The number of ether oxygens (including phenoxy) is 1. The number of carbonyl (C=O) groups excluding carboxylic acids is 1. The van der Waals surface area contributed by atoms with Gasteiger partial charge in [0.1, 0.15) is 16.9 Å². The summed E-state index contributed by atoms with van der Waals surface area (Å²) < 4.78 is 21.6. The fraction of sp³-hybridized carbons (Fsp3) is 0.360. The van der Waals surface area contributed by atoms with Crippen LogP contribution in [0.25, 0.3) is 33.1 Å². The number of piperazine rings is 1. The zero-order chi connectivity index (χ0) is 24.9. The third-order valence-corrected chi connectivity index (χ3v) is 6.18. The van der Waals surface area contributed by atoms with Crippen molar-refractivity contribution in [3.8, 4) is 11.1 Å². The Kier molecular flexibility index (Phi) is 5.75. The lowest BCUT2D eigenvalue weighted by Gasteiger charge is -2.36. The fourth-order valence-electron chi connectivity index (χ4n) is 4.20. The Morgan fingerprint density at radius 3 is 2.54 bits per heavy atom. The number of pyridine rings is 2. The van der Waals surface area contributed by atoms with Crippen LogP contribution in [-0.2, 0) is 11.8 Å². The smallest absolute Gasteiger partial charge is 0.410 e. The van der Waals surface area contributed by atoms with Gasteiger partial charge in [-0.2, -0.15) is 5.10 Å². The molecule has 3 aromatic heterocycles.